The lowest BCUT2D eigenvalue weighted by Crippen LogP contribution is -2.37. The van der Waals surface area contributed by atoms with Crippen molar-refractivity contribution in [1.29, 1.82) is 0 Å². The molecule has 2 fully saturated rings. The molecule has 166 valence electrons. The zero-order valence-electron chi connectivity index (χ0n) is 16.8. The summed E-state index contributed by atoms with van der Waals surface area (Å²) in [6, 6.07) is 17.2. The number of carbonyl (C=O) groups excluding carboxylic acids is 2. The van der Waals surface area contributed by atoms with Gasteiger partial charge < -0.3 is 0 Å². The molecule has 3 atom stereocenters. The Bertz CT molecular complexity index is 1270. The van der Waals surface area contributed by atoms with Gasteiger partial charge in [0, 0.05) is 6.07 Å². The van der Waals surface area contributed by atoms with Gasteiger partial charge in [-0.15, -0.1) is 0 Å². The number of carbonyl (C=O) groups is 2. The first-order chi connectivity index (χ1) is 15.9. The van der Waals surface area contributed by atoms with E-state index in [0.717, 1.165) is 17.0 Å². The molecule has 2 aliphatic heterocycles. The summed E-state index contributed by atoms with van der Waals surface area (Å²) in [4.78, 5) is 44.5. The molecular formula is C23H15ClFN3O5. The van der Waals surface area contributed by atoms with Crippen LogP contribution in [0, 0.1) is 21.8 Å². The highest BCUT2D eigenvalue weighted by Gasteiger charge is 2.60. The molecule has 0 saturated carbocycles. The molecule has 3 aromatic carbocycles. The normalized spacial score (nSPS) is 22.1. The monoisotopic (exact) mass is 467 g/mol. The lowest BCUT2D eigenvalue weighted by Gasteiger charge is -2.28. The van der Waals surface area contributed by atoms with Crippen molar-refractivity contribution in [3.05, 3.63) is 99.3 Å². The number of nitro groups is 1. The van der Waals surface area contributed by atoms with E-state index < -0.39 is 40.6 Å². The Morgan fingerprint density at radius 2 is 1.64 bits per heavy atom. The fourth-order valence-corrected chi connectivity index (χ4v) is 4.44. The van der Waals surface area contributed by atoms with E-state index >= 15 is 0 Å². The zero-order valence-corrected chi connectivity index (χ0v) is 17.6. The largest absolute Gasteiger partial charge is 0.288 e. The predicted molar refractivity (Wildman–Crippen MR) is 117 cm³/mol. The quantitative estimate of drug-likeness (QED) is 0.320. The van der Waals surface area contributed by atoms with Gasteiger partial charge in [0.15, 0.2) is 6.10 Å². The van der Waals surface area contributed by atoms with Gasteiger partial charge in [-0.05, 0) is 48.0 Å². The molecule has 8 nitrogen and oxygen atoms in total. The second-order valence-electron chi connectivity index (χ2n) is 7.61. The van der Waals surface area contributed by atoms with Gasteiger partial charge in [-0.1, -0.05) is 35.9 Å². The number of hydrogen-bond acceptors (Lipinski definition) is 6. The number of imide groups is 1. The fourth-order valence-electron chi connectivity index (χ4n) is 4.25. The van der Waals surface area contributed by atoms with Gasteiger partial charge in [0.1, 0.15) is 16.8 Å². The van der Waals surface area contributed by atoms with Crippen molar-refractivity contribution in [2.45, 2.75) is 12.1 Å². The lowest BCUT2D eigenvalue weighted by molar-refractivity contribution is -0.384. The Kier molecular flexibility index (Phi) is 5.07. The van der Waals surface area contributed by atoms with Crippen LogP contribution in [0.3, 0.4) is 0 Å². The van der Waals surface area contributed by atoms with Crippen LogP contribution in [0.5, 0.6) is 0 Å². The van der Waals surface area contributed by atoms with Crippen molar-refractivity contribution in [2.75, 3.05) is 9.96 Å². The van der Waals surface area contributed by atoms with E-state index in [9.17, 15) is 24.1 Å². The van der Waals surface area contributed by atoms with Gasteiger partial charge >= 0.3 is 0 Å². The zero-order chi connectivity index (χ0) is 23.3. The molecule has 0 spiro atoms. The van der Waals surface area contributed by atoms with Gasteiger partial charge in [0.25, 0.3) is 11.6 Å². The first-order valence-corrected chi connectivity index (χ1v) is 10.3. The van der Waals surface area contributed by atoms with Crippen LogP contribution in [0.25, 0.3) is 0 Å². The highest BCUT2D eigenvalue weighted by Crippen LogP contribution is 2.48. The van der Waals surface area contributed by atoms with Crippen molar-refractivity contribution in [3.63, 3.8) is 0 Å². The van der Waals surface area contributed by atoms with E-state index in [4.69, 9.17) is 16.4 Å². The average molecular weight is 468 g/mol. The van der Waals surface area contributed by atoms with E-state index in [-0.39, 0.29) is 16.4 Å². The summed E-state index contributed by atoms with van der Waals surface area (Å²) in [7, 11) is 0. The summed E-state index contributed by atoms with van der Waals surface area (Å²) in [6.07, 6.45) is -1.15. The van der Waals surface area contributed by atoms with Gasteiger partial charge in [-0.3, -0.25) is 24.5 Å². The van der Waals surface area contributed by atoms with E-state index in [0.29, 0.717) is 11.3 Å². The summed E-state index contributed by atoms with van der Waals surface area (Å²) >= 11 is 5.98. The highest BCUT2D eigenvalue weighted by molar-refractivity contribution is 6.32. The number of hydroxylamine groups is 1. The number of amides is 2. The second kappa shape index (κ2) is 7.95. The molecule has 10 heteroatoms. The molecule has 3 aromatic rings. The second-order valence-corrected chi connectivity index (χ2v) is 8.02. The van der Waals surface area contributed by atoms with Crippen LogP contribution >= 0.6 is 11.6 Å². The van der Waals surface area contributed by atoms with Gasteiger partial charge in [-0.25, -0.2) is 14.4 Å². The highest BCUT2D eigenvalue weighted by atomic mass is 35.5. The van der Waals surface area contributed by atoms with Gasteiger partial charge in [0.2, 0.25) is 5.91 Å². The molecule has 2 amide bonds. The van der Waals surface area contributed by atoms with E-state index in [1.165, 1.54) is 29.3 Å². The standard InChI is InChI=1S/C23H15ClFN3O5/c24-17-11-6-13(12-18(17)28(31)32)20-19-21(33-27(20)16-4-2-1-3-5-16)23(30)26(22(19)29)15-9-7-14(25)8-10-15/h1-12,19-21H/t19-,20-,21-/m0/s1. The third kappa shape index (κ3) is 3.42. The molecule has 5 rings (SSSR count). The van der Waals surface area contributed by atoms with Gasteiger partial charge in [0.05, 0.1) is 22.3 Å². The molecule has 2 aliphatic rings. The minimum absolute atomic E-state index is 0.0489. The maximum absolute atomic E-state index is 13.5. The van der Waals surface area contributed by atoms with Crippen molar-refractivity contribution in [2.24, 2.45) is 5.92 Å². The van der Waals surface area contributed by atoms with Crippen molar-refractivity contribution in [1.82, 2.24) is 0 Å². The maximum Gasteiger partial charge on any atom is 0.288 e. The molecule has 0 N–H and O–H groups in total. The summed E-state index contributed by atoms with van der Waals surface area (Å²) in [6.45, 7) is 0. The Labute approximate surface area is 191 Å². The maximum atomic E-state index is 13.5. The van der Waals surface area contributed by atoms with Crippen LogP contribution < -0.4 is 9.96 Å². The van der Waals surface area contributed by atoms with Crippen LogP contribution in [0.4, 0.5) is 21.5 Å². The number of para-hydroxylation sites is 1. The summed E-state index contributed by atoms with van der Waals surface area (Å²) in [5, 5.41) is 12.8. The number of anilines is 2. The SMILES string of the molecule is O=C1[C@@H]2[C@H](ON(c3ccccc3)[C@H]2c2ccc(Cl)c([N+](=O)[O-])c2)C(=O)N1c1ccc(F)cc1. The third-order valence-corrected chi connectivity index (χ3v) is 6.04. The van der Waals surface area contributed by atoms with Crippen molar-refractivity contribution < 1.29 is 23.7 Å². The first-order valence-electron chi connectivity index (χ1n) is 9.95. The van der Waals surface area contributed by atoms with Crippen LogP contribution in [-0.2, 0) is 14.4 Å². The van der Waals surface area contributed by atoms with Crippen molar-refractivity contribution in [3.8, 4) is 0 Å². The minimum Gasteiger partial charge on any atom is -0.273 e. The Hall–Kier alpha value is -3.82. The molecule has 0 aromatic heterocycles. The smallest absolute Gasteiger partial charge is 0.273 e. The predicted octanol–water partition coefficient (Wildman–Crippen LogP) is 4.44. The van der Waals surface area contributed by atoms with Crippen molar-refractivity contribution >= 4 is 40.5 Å². The Balaban J connectivity index is 1.61. The molecule has 0 radical (unpaired) electrons. The van der Waals surface area contributed by atoms with Gasteiger partial charge in [-0.2, -0.15) is 0 Å². The van der Waals surface area contributed by atoms with Crippen LogP contribution in [0.1, 0.15) is 11.6 Å². The van der Waals surface area contributed by atoms with E-state index in [2.05, 4.69) is 0 Å². The molecule has 2 saturated heterocycles. The van der Waals surface area contributed by atoms with Crippen LogP contribution in [0.15, 0.2) is 72.8 Å². The molecule has 0 bridgehead atoms. The number of hydrogen-bond donors (Lipinski definition) is 0. The molecule has 0 unspecified atom stereocenters. The number of rotatable bonds is 4. The topological polar surface area (TPSA) is 93.0 Å². The Morgan fingerprint density at radius 3 is 2.30 bits per heavy atom. The summed E-state index contributed by atoms with van der Waals surface area (Å²) < 4.78 is 13.4. The summed E-state index contributed by atoms with van der Waals surface area (Å²) in [5.74, 6) is -2.62. The fraction of sp³-hybridized carbons (Fsp3) is 0.130. The number of nitrogens with zero attached hydrogens (tertiary/aromatic N) is 3. The number of nitro benzene ring substituents is 1. The Morgan fingerprint density at radius 1 is 0.939 bits per heavy atom. The summed E-state index contributed by atoms with van der Waals surface area (Å²) in [5.41, 5.74) is 0.863. The van der Waals surface area contributed by atoms with E-state index in [1.54, 1.807) is 36.4 Å². The lowest BCUT2D eigenvalue weighted by atomic mass is 9.90. The third-order valence-electron chi connectivity index (χ3n) is 5.72. The minimum atomic E-state index is -1.15. The molecule has 0 aliphatic carbocycles. The molecule has 33 heavy (non-hydrogen) atoms. The molecule has 2 heterocycles. The number of fused-ring (bicyclic) bond motifs is 1. The van der Waals surface area contributed by atoms with Crippen LogP contribution in [-0.4, -0.2) is 22.8 Å². The van der Waals surface area contributed by atoms with Crippen LogP contribution in [0.2, 0.25) is 5.02 Å². The number of benzene rings is 3. The van der Waals surface area contributed by atoms with E-state index in [1.807, 2.05) is 0 Å². The number of halogens is 2. The average Bonchev–Trinajstić information content (AvgIpc) is 3.31. The first kappa shape index (κ1) is 21.0. The molecular weight excluding hydrogens is 453 g/mol.